The van der Waals surface area contributed by atoms with Crippen LogP contribution in [0, 0.1) is 12.7 Å². The normalized spacial score (nSPS) is 10.5. The smallest absolute Gasteiger partial charge is 0.353 e. The molecule has 2 rings (SSSR count). The van der Waals surface area contributed by atoms with Crippen LogP contribution in [-0.4, -0.2) is 21.3 Å². The Hall–Kier alpha value is -1.88. The molecular weight excluding hydrogens is 247 g/mol. The van der Waals surface area contributed by atoms with E-state index >= 15 is 0 Å². The molecule has 0 saturated heterocycles. The first-order valence-corrected chi connectivity index (χ1v) is 5.11. The predicted molar refractivity (Wildman–Crippen MR) is 60.7 cm³/mol. The van der Waals surface area contributed by atoms with E-state index in [1.165, 1.54) is 12.1 Å². The van der Waals surface area contributed by atoms with Gasteiger partial charge in [0.15, 0.2) is 0 Å². The van der Waals surface area contributed by atoms with Gasteiger partial charge in [0.2, 0.25) is 0 Å². The summed E-state index contributed by atoms with van der Waals surface area (Å²) in [6, 6.07) is 4.33. The van der Waals surface area contributed by atoms with Crippen LogP contribution in [0.4, 0.5) is 4.39 Å². The lowest BCUT2D eigenvalue weighted by Crippen LogP contribution is -1.95. The average Bonchev–Trinajstić information content (AvgIpc) is 2.74. The van der Waals surface area contributed by atoms with E-state index in [1.807, 2.05) is 0 Å². The third-order valence-electron chi connectivity index (χ3n) is 2.31. The topological polar surface area (TPSA) is 66.0 Å². The number of carboxylic acids is 1. The molecule has 0 amide bonds. The van der Waals surface area contributed by atoms with Gasteiger partial charge in [0.05, 0.1) is 10.7 Å². The number of aromatic nitrogens is 2. The lowest BCUT2D eigenvalue weighted by atomic mass is 10.1. The Morgan fingerprint density at radius 2 is 2.18 bits per heavy atom. The zero-order valence-electron chi connectivity index (χ0n) is 8.79. The van der Waals surface area contributed by atoms with Crippen molar-refractivity contribution >= 4 is 17.6 Å². The summed E-state index contributed by atoms with van der Waals surface area (Å²) < 4.78 is 13.3. The van der Waals surface area contributed by atoms with E-state index in [9.17, 15) is 9.18 Å². The Balaban J connectivity index is 2.49. The zero-order chi connectivity index (χ0) is 12.6. The second-order valence-corrected chi connectivity index (χ2v) is 3.97. The van der Waals surface area contributed by atoms with Crippen LogP contribution < -0.4 is 0 Å². The van der Waals surface area contributed by atoms with Gasteiger partial charge < -0.3 is 5.11 Å². The number of aryl methyl sites for hydroxylation is 1. The number of nitrogens with one attached hydrogen (secondary N) is 1. The van der Waals surface area contributed by atoms with Gasteiger partial charge in [-0.1, -0.05) is 11.6 Å². The lowest BCUT2D eigenvalue weighted by Gasteiger charge is -2.02. The molecule has 4 nitrogen and oxygen atoms in total. The number of hydrogen-bond acceptors (Lipinski definition) is 2. The maximum absolute atomic E-state index is 13.3. The van der Waals surface area contributed by atoms with Gasteiger partial charge in [0, 0.05) is 5.56 Å². The number of carboxylic acid groups (broad SMARTS) is 1. The molecule has 0 aliphatic rings. The largest absolute Gasteiger partial charge is 0.477 e. The second kappa shape index (κ2) is 4.18. The highest BCUT2D eigenvalue weighted by Crippen LogP contribution is 2.26. The molecule has 0 aliphatic carbocycles. The molecule has 0 aliphatic heterocycles. The van der Waals surface area contributed by atoms with Crippen molar-refractivity contribution in [1.29, 1.82) is 0 Å². The molecule has 2 aromatic rings. The van der Waals surface area contributed by atoms with Gasteiger partial charge in [0.1, 0.15) is 11.5 Å². The number of carbonyl (C=O) groups is 1. The van der Waals surface area contributed by atoms with Crippen LogP contribution in [0.3, 0.4) is 0 Å². The maximum atomic E-state index is 13.3. The summed E-state index contributed by atoms with van der Waals surface area (Å²) in [5.74, 6) is -1.59. The molecule has 2 N–H and O–H groups in total. The Bertz CT molecular complexity index is 572. The van der Waals surface area contributed by atoms with Crippen LogP contribution >= 0.6 is 11.6 Å². The standard InChI is InChI=1S/C11H8ClFN2O2/c1-5-2-6(3-7(12)10(5)13)8-4-9(11(16)17)15-14-8/h2-4H,1H3,(H,14,15)(H,16,17). The molecule has 0 saturated carbocycles. The minimum absolute atomic E-state index is 0.0140. The van der Waals surface area contributed by atoms with Crippen LogP contribution in [0.15, 0.2) is 18.2 Å². The molecule has 0 spiro atoms. The number of hydrogen-bond donors (Lipinski definition) is 2. The molecule has 0 radical (unpaired) electrons. The summed E-state index contributed by atoms with van der Waals surface area (Å²) in [7, 11) is 0. The molecule has 88 valence electrons. The Labute approximate surface area is 101 Å². The molecule has 0 unspecified atom stereocenters. The van der Waals surface area contributed by atoms with Gasteiger partial charge in [-0.15, -0.1) is 0 Å². The molecule has 6 heteroatoms. The molecule has 1 heterocycles. The molecular formula is C11H8ClFN2O2. The van der Waals surface area contributed by atoms with Crippen LogP contribution in [0.2, 0.25) is 5.02 Å². The number of benzene rings is 1. The summed E-state index contributed by atoms with van der Waals surface area (Å²) in [5, 5.41) is 14.9. The van der Waals surface area contributed by atoms with Gasteiger partial charge in [-0.3, -0.25) is 5.10 Å². The minimum Gasteiger partial charge on any atom is -0.477 e. The molecule has 1 aromatic heterocycles. The van der Waals surface area contributed by atoms with Gasteiger partial charge in [0.25, 0.3) is 0 Å². The molecule has 0 bridgehead atoms. The number of aromatic amines is 1. The van der Waals surface area contributed by atoms with E-state index < -0.39 is 11.8 Å². The van der Waals surface area contributed by atoms with Crippen molar-refractivity contribution < 1.29 is 14.3 Å². The van der Waals surface area contributed by atoms with Crippen LogP contribution in [0.1, 0.15) is 16.1 Å². The van der Waals surface area contributed by atoms with Crippen molar-refractivity contribution in [2.75, 3.05) is 0 Å². The fraction of sp³-hybridized carbons (Fsp3) is 0.0909. The third-order valence-corrected chi connectivity index (χ3v) is 2.59. The number of H-pyrrole nitrogens is 1. The zero-order valence-corrected chi connectivity index (χ0v) is 9.55. The number of rotatable bonds is 2. The fourth-order valence-corrected chi connectivity index (χ4v) is 1.72. The van der Waals surface area contributed by atoms with Crippen molar-refractivity contribution in [1.82, 2.24) is 10.2 Å². The Morgan fingerprint density at radius 1 is 1.47 bits per heavy atom. The Morgan fingerprint density at radius 3 is 2.71 bits per heavy atom. The van der Waals surface area contributed by atoms with E-state index in [0.29, 0.717) is 16.8 Å². The lowest BCUT2D eigenvalue weighted by molar-refractivity contribution is 0.0690. The highest BCUT2D eigenvalue weighted by atomic mass is 35.5. The summed E-state index contributed by atoms with van der Waals surface area (Å²) in [4.78, 5) is 10.7. The highest BCUT2D eigenvalue weighted by Gasteiger charge is 2.12. The van der Waals surface area contributed by atoms with E-state index in [1.54, 1.807) is 13.0 Å². The van der Waals surface area contributed by atoms with Crippen molar-refractivity contribution in [3.63, 3.8) is 0 Å². The Kier molecular flexibility index (Phi) is 2.85. The first-order valence-electron chi connectivity index (χ1n) is 4.73. The minimum atomic E-state index is -1.10. The number of nitrogens with zero attached hydrogens (tertiary/aromatic N) is 1. The van der Waals surface area contributed by atoms with Gasteiger partial charge in [-0.05, 0) is 30.7 Å². The summed E-state index contributed by atoms with van der Waals surface area (Å²) in [5.41, 5.74) is 1.33. The second-order valence-electron chi connectivity index (χ2n) is 3.56. The third kappa shape index (κ3) is 2.14. The molecule has 1 aromatic carbocycles. The van der Waals surface area contributed by atoms with Crippen molar-refractivity contribution in [3.8, 4) is 11.3 Å². The van der Waals surface area contributed by atoms with Crippen LogP contribution in [0.25, 0.3) is 11.3 Å². The number of halogens is 2. The van der Waals surface area contributed by atoms with E-state index in [0.717, 1.165) is 0 Å². The van der Waals surface area contributed by atoms with Gasteiger partial charge >= 0.3 is 5.97 Å². The predicted octanol–water partition coefficient (Wildman–Crippen LogP) is 2.88. The molecule has 0 fully saturated rings. The first kappa shape index (κ1) is 11.6. The summed E-state index contributed by atoms with van der Waals surface area (Å²) in [6.45, 7) is 1.58. The van der Waals surface area contributed by atoms with Crippen molar-refractivity contribution in [2.45, 2.75) is 6.92 Å². The maximum Gasteiger partial charge on any atom is 0.353 e. The average molecular weight is 255 g/mol. The quantitative estimate of drug-likeness (QED) is 0.866. The molecule has 17 heavy (non-hydrogen) atoms. The molecule has 0 atom stereocenters. The fourth-order valence-electron chi connectivity index (χ4n) is 1.45. The van der Waals surface area contributed by atoms with Gasteiger partial charge in [-0.2, -0.15) is 5.10 Å². The first-order chi connectivity index (χ1) is 7.99. The van der Waals surface area contributed by atoms with Crippen molar-refractivity contribution in [3.05, 3.63) is 40.3 Å². The van der Waals surface area contributed by atoms with Gasteiger partial charge in [-0.25, -0.2) is 9.18 Å². The number of aromatic carboxylic acids is 1. The SMILES string of the molecule is Cc1cc(-c2cc(C(=O)O)[nH]n2)cc(Cl)c1F. The van der Waals surface area contributed by atoms with E-state index in [4.69, 9.17) is 16.7 Å². The van der Waals surface area contributed by atoms with Crippen LogP contribution in [-0.2, 0) is 0 Å². The summed E-state index contributed by atoms with van der Waals surface area (Å²) >= 11 is 5.71. The van der Waals surface area contributed by atoms with Crippen molar-refractivity contribution in [2.24, 2.45) is 0 Å². The van der Waals surface area contributed by atoms with Crippen LogP contribution in [0.5, 0.6) is 0 Å². The monoisotopic (exact) mass is 254 g/mol. The summed E-state index contributed by atoms with van der Waals surface area (Å²) in [6.07, 6.45) is 0. The van der Waals surface area contributed by atoms with E-state index in [-0.39, 0.29) is 10.7 Å². The van der Waals surface area contributed by atoms with E-state index in [2.05, 4.69) is 10.2 Å². The highest BCUT2D eigenvalue weighted by molar-refractivity contribution is 6.31.